The van der Waals surface area contributed by atoms with E-state index in [1.54, 1.807) is 30.2 Å². The molecule has 1 aliphatic heterocycles. The van der Waals surface area contributed by atoms with Crippen molar-refractivity contribution in [2.75, 3.05) is 34.3 Å². The lowest BCUT2D eigenvalue weighted by Gasteiger charge is -2.21. The minimum atomic E-state index is -0.528. The van der Waals surface area contributed by atoms with Crippen LogP contribution in [-0.4, -0.2) is 73.4 Å². The van der Waals surface area contributed by atoms with Crippen molar-refractivity contribution in [3.63, 3.8) is 0 Å². The summed E-state index contributed by atoms with van der Waals surface area (Å²) < 4.78 is 11.0. The van der Waals surface area contributed by atoms with E-state index in [1.165, 1.54) is 0 Å². The topological polar surface area (TPSA) is 62.2 Å². The highest BCUT2D eigenvalue weighted by atomic mass is 16.5. The van der Waals surface area contributed by atoms with E-state index in [2.05, 4.69) is 0 Å². The maximum atomic E-state index is 12.7. The van der Waals surface area contributed by atoms with E-state index in [0.29, 0.717) is 30.2 Å². The molecule has 1 N–H and O–H groups in total. The van der Waals surface area contributed by atoms with Crippen molar-refractivity contribution in [2.24, 2.45) is 0 Å². The first-order valence-corrected chi connectivity index (χ1v) is 7.82. The largest absolute Gasteiger partial charge is 0.493 e. The number of amides is 1. The van der Waals surface area contributed by atoms with Gasteiger partial charge in [0.05, 0.1) is 25.4 Å². The van der Waals surface area contributed by atoms with E-state index < -0.39 is 6.10 Å². The summed E-state index contributed by atoms with van der Waals surface area (Å²) in [6.07, 6.45) is -0.501. The highest BCUT2D eigenvalue weighted by molar-refractivity contribution is 5.95. The van der Waals surface area contributed by atoms with Crippen LogP contribution in [0.25, 0.3) is 0 Å². The SMILES string of the molecule is COc1cc(C(=O)N2C[C@H](O)[C@@H](N(C)C)C2)ccc1OC(C)C. The summed E-state index contributed by atoms with van der Waals surface area (Å²) in [5.74, 6) is 1.04. The molecule has 0 radical (unpaired) electrons. The smallest absolute Gasteiger partial charge is 0.254 e. The average molecular weight is 322 g/mol. The fourth-order valence-electron chi connectivity index (χ4n) is 2.78. The quantitative estimate of drug-likeness (QED) is 0.883. The summed E-state index contributed by atoms with van der Waals surface area (Å²) in [5.41, 5.74) is 0.532. The van der Waals surface area contributed by atoms with Gasteiger partial charge in [0.1, 0.15) is 0 Å². The molecular formula is C17H26N2O4. The summed E-state index contributed by atoms with van der Waals surface area (Å²) in [5, 5.41) is 10.1. The minimum absolute atomic E-state index is 0.0278. The Hall–Kier alpha value is -1.79. The first-order valence-electron chi connectivity index (χ1n) is 7.82. The van der Waals surface area contributed by atoms with Gasteiger partial charge in [0.25, 0.3) is 5.91 Å². The zero-order valence-corrected chi connectivity index (χ0v) is 14.4. The molecule has 0 bridgehead atoms. The lowest BCUT2D eigenvalue weighted by atomic mass is 10.1. The molecule has 23 heavy (non-hydrogen) atoms. The molecule has 1 aromatic carbocycles. The number of aliphatic hydroxyl groups is 1. The number of methoxy groups -OCH3 is 1. The first kappa shape index (κ1) is 17.6. The lowest BCUT2D eigenvalue weighted by molar-refractivity contribution is 0.0763. The number of nitrogens with zero attached hydrogens (tertiary/aromatic N) is 2. The maximum Gasteiger partial charge on any atom is 0.254 e. The van der Waals surface area contributed by atoms with Gasteiger partial charge in [-0.25, -0.2) is 0 Å². The van der Waals surface area contributed by atoms with Gasteiger partial charge in [-0.3, -0.25) is 4.79 Å². The molecule has 0 unspecified atom stereocenters. The number of hydrogen-bond donors (Lipinski definition) is 1. The molecule has 0 saturated carbocycles. The maximum absolute atomic E-state index is 12.7. The summed E-state index contributed by atoms with van der Waals surface area (Å²) in [7, 11) is 5.37. The fraction of sp³-hybridized carbons (Fsp3) is 0.588. The number of carbonyl (C=O) groups excluding carboxylic acids is 1. The molecule has 1 aromatic rings. The van der Waals surface area contributed by atoms with Crippen LogP contribution in [0.4, 0.5) is 0 Å². The number of rotatable bonds is 5. The minimum Gasteiger partial charge on any atom is -0.493 e. The van der Waals surface area contributed by atoms with Crippen LogP contribution in [0, 0.1) is 0 Å². The second-order valence-corrected chi connectivity index (χ2v) is 6.34. The van der Waals surface area contributed by atoms with E-state index in [1.807, 2.05) is 32.8 Å². The molecule has 6 heteroatoms. The van der Waals surface area contributed by atoms with Gasteiger partial charge in [0, 0.05) is 18.7 Å². The predicted molar refractivity (Wildman–Crippen MR) is 88.1 cm³/mol. The normalized spacial score (nSPS) is 21.1. The summed E-state index contributed by atoms with van der Waals surface area (Å²) in [6.45, 7) is 4.73. The molecule has 6 nitrogen and oxygen atoms in total. The molecule has 1 amide bonds. The molecule has 2 rings (SSSR count). The van der Waals surface area contributed by atoms with E-state index >= 15 is 0 Å². The van der Waals surface area contributed by atoms with Crippen LogP contribution in [0.3, 0.4) is 0 Å². The molecule has 0 aliphatic carbocycles. The standard InChI is InChI=1S/C17H26N2O4/c1-11(2)23-15-7-6-12(8-16(15)22-5)17(21)19-9-13(18(3)4)14(20)10-19/h6-8,11,13-14,20H,9-10H2,1-5H3/t13-,14-/m0/s1. The van der Waals surface area contributed by atoms with Crippen molar-refractivity contribution in [1.82, 2.24) is 9.80 Å². The van der Waals surface area contributed by atoms with Crippen LogP contribution in [0.1, 0.15) is 24.2 Å². The first-order chi connectivity index (χ1) is 10.8. The fourth-order valence-corrected chi connectivity index (χ4v) is 2.78. The lowest BCUT2D eigenvalue weighted by Crippen LogP contribution is -2.38. The van der Waals surface area contributed by atoms with Gasteiger partial charge in [-0.05, 0) is 46.1 Å². The summed E-state index contributed by atoms with van der Waals surface area (Å²) >= 11 is 0. The van der Waals surface area contributed by atoms with Crippen LogP contribution >= 0.6 is 0 Å². The number of aliphatic hydroxyl groups excluding tert-OH is 1. The number of benzene rings is 1. The van der Waals surface area contributed by atoms with E-state index in [0.717, 1.165) is 0 Å². The second-order valence-electron chi connectivity index (χ2n) is 6.34. The molecule has 128 valence electrons. The number of hydrogen-bond acceptors (Lipinski definition) is 5. The number of likely N-dealkylation sites (N-methyl/N-ethyl adjacent to an activating group) is 1. The van der Waals surface area contributed by atoms with Crippen molar-refractivity contribution in [2.45, 2.75) is 32.1 Å². The van der Waals surface area contributed by atoms with E-state index in [-0.39, 0.29) is 18.1 Å². The Labute approximate surface area is 137 Å². The van der Waals surface area contributed by atoms with Gasteiger partial charge in [-0.2, -0.15) is 0 Å². The Bertz CT molecular complexity index is 560. The van der Waals surface area contributed by atoms with Crippen molar-refractivity contribution in [1.29, 1.82) is 0 Å². The molecular weight excluding hydrogens is 296 g/mol. The Morgan fingerprint density at radius 3 is 2.52 bits per heavy atom. The van der Waals surface area contributed by atoms with Crippen LogP contribution in [0.2, 0.25) is 0 Å². The molecule has 2 atom stereocenters. The van der Waals surface area contributed by atoms with Gasteiger partial charge < -0.3 is 24.4 Å². The number of ether oxygens (including phenoxy) is 2. The van der Waals surface area contributed by atoms with Gasteiger partial charge in [0.15, 0.2) is 11.5 Å². The number of β-amino-alcohol motifs (C(OH)–C–C–N with tert-alkyl or cyclic N) is 1. The van der Waals surface area contributed by atoms with Gasteiger partial charge >= 0.3 is 0 Å². The summed E-state index contributed by atoms with van der Waals surface area (Å²) in [6, 6.07) is 5.14. The second kappa shape index (κ2) is 7.19. The van der Waals surface area contributed by atoms with Gasteiger partial charge in [0.2, 0.25) is 0 Å². The van der Waals surface area contributed by atoms with E-state index in [4.69, 9.17) is 9.47 Å². The van der Waals surface area contributed by atoms with Crippen molar-refractivity contribution in [3.05, 3.63) is 23.8 Å². The molecule has 1 saturated heterocycles. The Kier molecular flexibility index (Phi) is 5.49. The highest BCUT2D eigenvalue weighted by Gasteiger charge is 2.35. The van der Waals surface area contributed by atoms with Gasteiger partial charge in [-0.15, -0.1) is 0 Å². The Morgan fingerprint density at radius 1 is 1.30 bits per heavy atom. The highest BCUT2D eigenvalue weighted by Crippen LogP contribution is 2.30. The van der Waals surface area contributed by atoms with Crippen molar-refractivity contribution in [3.8, 4) is 11.5 Å². The van der Waals surface area contributed by atoms with Gasteiger partial charge in [-0.1, -0.05) is 0 Å². The Morgan fingerprint density at radius 2 is 2.00 bits per heavy atom. The predicted octanol–water partition coefficient (Wildman–Crippen LogP) is 1.23. The zero-order valence-electron chi connectivity index (χ0n) is 14.4. The van der Waals surface area contributed by atoms with Crippen LogP contribution in [0.5, 0.6) is 11.5 Å². The number of likely N-dealkylation sites (tertiary alicyclic amines) is 1. The van der Waals surface area contributed by atoms with E-state index in [9.17, 15) is 9.90 Å². The monoisotopic (exact) mass is 322 g/mol. The Balaban J connectivity index is 2.17. The number of carbonyl (C=O) groups is 1. The molecule has 0 aromatic heterocycles. The van der Waals surface area contributed by atoms with Crippen LogP contribution in [-0.2, 0) is 0 Å². The van der Waals surface area contributed by atoms with Crippen molar-refractivity contribution >= 4 is 5.91 Å². The zero-order chi connectivity index (χ0) is 17.1. The third-order valence-electron chi connectivity index (χ3n) is 3.98. The third kappa shape index (κ3) is 3.95. The van der Waals surface area contributed by atoms with Crippen molar-refractivity contribution < 1.29 is 19.4 Å². The summed E-state index contributed by atoms with van der Waals surface area (Å²) in [4.78, 5) is 16.3. The average Bonchev–Trinajstić information content (AvgIpc) is 2.88. The van der Waals surface area contributed by atoms with Crippen LogP contribution in [0.15, 0.2) is 18.2 Å². The third-order valence-corrected chi connectivity index (χ3v) is 3.98. The van der Waals surface area contributed by atoms with Crippen LogP contribution < -0.4 is 9.47 Å². The molecule has 1 fully saturated rings. The molecule has 1 heterocycles. The molecule has 1 aliphatic rings. The molecule has 0 spiro atoms.